The van der Waals surface area contributed by atoms with Gasteiger partial charge in [0.25, 0.3) is 0 Å². The first-order valence-corrected chi connectivity index (χ1v) is 13.5. The number of carbonyl (C=O) groups is 1. The van der Waals surface area contributed by atoms with Gasteiger partial charge in [0.15, 0.2) is 0 Å². The van der Waals surface area contributed by atoms with Crippen LogP contribution in [0.5, 0.6) is 0 Å². The Labute approximate surface area is 204 Å². The molecular weight excluding hydrogens is 406 g/mol. The first-order chi connectivity index (χ1) is 15.4. The SMILES string of the molecule is CCCCCC(CC(C)(C)C(C)c1ccccc1)ON1C(C)(CC)CC(=O)C(C)C1(C)CC. The molecule has 1 saturated heterocycles. The molecule has 2 rings (SSSR count). The molecule has 5 atom stereocenters. The van der Waals surface area contributed by atoms with Gasteiger partial charge in [-0.1, -0.05) is 98.1 Å². The number of hydrogen-bond donors (Lipinski definition) is 0. The molecule has 1 heterocycles. The van der Waals surface area contributed by atoms with Crippen LogP contribution >= 0.6 is 0 Å². The predicted octanol–water partition coefficient (Wildman–Crippen LogP) is 8.34. The summed E-state index contributed by atoms with van der Waals surface area (Å²) in [5.74, 6) is 0.798. The number of nitrogens with zero attached hydrogens (tertiary/aromatic N) is 1. The van der Waals surface area contributed by atoms with E-state index >= 15 is 0 Å². The summed E-state index contributed by atoms with van der Waals surface area (Å²) in [6.45, 7) is 20.4. The Balaban J connectivity index is 2.34. The average molecular weight is 458 g/mol. The van der Waals surface area contributed by atoms with Gasteiger partial charge >= 0.3 is 0 Å². The highest BCUT2D eigenvalue weighted by Crippen LogP contribution is 2.46. The summed E-state index contributed by atoms with van der Waals surface area (Å²) < 4.78 is 0. The molecule has 0 aromatic heterocycles. The van der Waals surface area contributed by atoms with Crippen molar-refractivity contribution in [3.63, 3.8) is 0 Å². The van der Waals surface area contributed by atoms with Crippen molar-refractivity contribution in [1.29, 1.82) is 0 Å². The van der Waals surface area contributed by atoms with Crippen molar-refractivity contribution in [2.75, 3.05) is 0 Å². The summed E-state index contributed by atoms with van der Waals surface area (Å²) in [6, 6.07) is 10.9. The van der Waals surface area contributed by atoms with Crippen LogP contribution in [0.4, 0.5) is 0 Å². The third-order valence-electron chi connectivity index (χ3n) is 9.01. The number of ketones is 1. The zero-order valence-corrected chi connectivity index (χ0v) is 23.0. The molecule has 0 bridgehead atoms. The molecule has 33 heavy (non-hydrogen) atoms. The zero-order chi connectivity index (χ0) is 24.9. The monoisotopic (exact) mass is 457 g/mol. The molecule has 0 spiro atoms. The highest BCUT2D eigenvalue weighted by atomic mass is 16.7. The van der Waals surface area contributed by atoms with Crippen LogP contribution in [0.3, 0.4) is 0 Å². The second-order valence-electron chi connectivity index (χ2n) is 11.8. The Morgan fingerprint density at radius 2 is 1.73 bits per heavy atom. The van der Waals surface area contributed by atoms with E-state index in [0.29, 0.717) is 18.1 Å². The number of benzene rings is 1. The second kappa shape index (κ2) is 11.5. The van der Waals surface area contributed by atoms with Gasteiger partial charge in [-0.05, 0) is 56.4 Å². The lowest BCUT2D eigenvalue weighted by Gasteiger charge is -2.57. The summed E-state index contributed by atoms with van der Waals surface area (Å²) >= 11 is 0. The lowest BCUT2D eigenvalue weighted by molar-refractivity contribution is -0.320. The molecule has 1 aromatic rings. The topological polar surface area (TPSA) is 29.5 Å². The number of rotatable bonds is 12. The lowest BCUT2D eigenvalue weighted by atomic mass is 9.70. The van der Waals surface area contributed by atoms with E-state index in [2.05, 4.69) is 97.7 Å². The highest BCUT2D eigenvalue weighted by Gasteiger charge is 2.54. The van der Waals surface area contributed by atoms with E-state index in [0.717, 1.165) is 25.7 Å². The van der Waals surface area contributed by atoms with Crippen molar-refractivity contribution in [3.8, 4) is 0 Å². The molecule has 1 aromatic carbocycles. The average Bonchev–Trinajstić information content (AvgIpc) is 2.80. The third-order valence-corrected chi connectivity index (χ3v) is 9.01. The number of carbonyl (C=O) groups excluding carboxylic acids is 1. The van der Waals surface area contributed by atoms with Gasteiger partial charge in [0.1, 0.15) is 5.78 Å². The Hall–Kier alpha value is -1.19. The summed E-state index contributed by atoms with van der Waals surface area (Å²) in [4.78, 5) is 20.1. The third kappa shape index (κ3) is 6.28. The van der Waals surface area contributed by atoms with Crippen LogP contribution in [0.1, 0.15) is 125 Å². The minimum Gasteiger partial charge on any atom is -0.299 e. The van der Waals surface area contributed by atoms with Gasteiger partial charge in [-0.2, -0.15) is 5.06 Å². The van der Waals surface area contributed by atoms with E-state index in [-0.39, 0.29) is 28.5 Å². The second-order valence-corrected chi connectivity index (χ2v) is 11.8. The highest BCUT2D eigenvalue weighted by molar-refractivity contribution is 5.84. The van der Waals surface area contributed by atoms with Crippen LogP contribution in [-0.4, -0.2) is 28.0 Å². The smallest absolute Gasteiger partial charge is 0.139 e. The van der Waals surface area contributed by atoms with Crippen LogP contribution < -0.4 is 0 Å². The first-order valence-electron chi connectivity index (χ1n) is 13.5. The van der Waals surface area contributed by atoms with E-state index in [4.69, 9.17) is 4.84 Å². The Bertz CT molecular complexity index is 745. The van der Waals surface area contributed by atoms with Crippen LogP contribution in [0.15, 0.2) is 30.3 Å². The van der Waals surface area contributed by atoms with E-state index in [1.165, 1.54) is 24.8 Å². The maximum atomic E-state index is 13.0. The lowest BCUT2D eigenvalue weighted by Crippen LogP contribution is -2.67. The van der Waals surface area contributed by atoms with E-state index < -0.39 is 0 Å². The van der Waals surface area contributed by atoms with E-state index in [1.807, 2.05) is 0 Å². The van der Waals surface area contributed by atoms with Crippen LogP contribution in [-0.2, 0) is 9.63 Å². The minimum atomic E-state index is -0.279. The van der Waals surface area contributed by atoms with Crippen molar-refractivity contribution >= 4 is 5.78 Å². The van der Waals surface area contributed by atoms with Gasteiger partial charge < -0.3 is 0 Å². The standard InChI is InChI=1S/C30H51NO2/c1-10-13-15-20-26(21-28(6,7)23(4)25-18-16-14-17-19-25)33-31-29(8,11-2)22-27(32)24(5)30(31,9)12-3/h14,16-19,23-24,26H,10-13,15,20-22H2,1-9H3. The maximum absolute atomic E-state index is 13.0. The molecule has 0 aliphatic carbocycles. The molecule has 1 aliphatic rings. The molecule has 0 amide bonds. The molecule has 3 nitrogen and oxygen atoms in total. The zero-order valence-electron chi connectivity index (χ0n) is 23.0. The molecule has 5 unspecified atom stereocenters. The van der Waals surface area contributed by atoms with Crippen molar-refractivity contribution in [1.82, 2.24) is 5.06 Å². The fraction of sp³-hybridized carbons (Fsp3) is 0.767. The normalized spacial score (nSPS) is 28.6. The number of hydroxylamine groups is 2. The summed E-state index contributed by atoms with van der Waals surface area (Å²) in [5, 5.41) is 2.30. The number of Topliss-reactive ketones (excluding diaryl/α,β-unsaturated/α-hetero) is 1. The van der Waals surface area contributed by atoms with Crippen molar-refractivity contribution in [3.05, 3.63) is 35.9 Å². The van der Waals surface area contributed by atoms with Crippen molar-refractivity contribution < 1.29 is 9.63 Å². The van der Waals surface area contributed by atoms with Crippen molar-refractivity contribution in [2.24, 2.45) is 11.3 Å². The molecule has 0 N–H and O–H groups in total. The first kappa shape index (κ1) is 28.1. The van der Waals surface area contributed by atoms with Crippen LogP contribution in [0, 0.1) is 11.3 Å². The summed E-state index contributed by atoms with van der Waals surface area (Å²) in [7, 11) is 0. The minimum absolute atomic E-state index is 0.0188. The Kier molecular flexibility index (Phi) is 9.77. The fourth-order valence-corrected chi connectivity index (χ4v) is 5.63. The maximum Gasteiger partial charge on any atom is 0.139 e. The van der Waals surface area contributed by atoms with Gasteiger partial charge in [0.05, 0.1) is 17.2 Å². The molecular formula is C30H51NO2. The number of piperidine rings is 1. The van der Waals surface area contributed by atoms with E-state index in [1.54, 1.807) is 0 Å². The molecule has 0 saturated carbocycles. The number of unbranched alkanes of at least 4 members (excludes halogenated alkanes) is 2. The van der Waals surface area contributed by atoms with E-state index in [9.17, 15) is 4.79 Å². The van der Waals surface area contributed by atoms with Crippen LogP contribution in [0.2, 0.25) is 0 Å². The predicted molar refractivity (Wildman–Crippen MR) is 140 cm³/mol. The molecule has 188 valence electrons. The largest absolute Gasteiger partial charge is 0.299 e. The molecule has 3 heteroatoms. The van der Waals surface area contributed by atoms with Gasteiger partial charge in [0, 0.05) is 12.3 Å². The quantitative estimate of drug-likeness (QED) is 0.295. The van der Waals surface area contributed by atoms with Crippen LogP contribution in [0.25, 0.3) is 0 Å². The summed E-state index contributed by atoms with van der Waals surface area (Å²) in [6.07, 6.45) is 8.24. The Morgan fingerprint density at radius 3 is 2.27 bits per heavy atom. The van der Waals surface area contributed by atoms with Gasteiger partial charge in [0.2, 0.25) is 0 Å². The fourth-order valence-electron chi connectivity index (χ4n) is 5.63. The van der Waals surface area contributed by atoms with Gasteiger partial charge in [-0.15, -0.1) is 0 Å². The van der Waals surface area contributed by atoms with Gasteiger partial charge in [-0.25, -0.2) is 0 Å². The Morgan fingerprint density at radius 1 is 1.09 bits per heavy atom. The van der Waals surface area contributed by atoms with Crippen molar-refractivity contribution in [2.45, 2.75) is 137 Å². The summed E-state index contributed by atoms with van der Waals surface area (Å²) in [5.41, 5.74) is 0.953. The molecule has 0 radical (unpaired) electrons. The molecule has 1 fully saturated rings. The van der Waals surface area contributed by atoms with Gasteiger partial charge in [-0.3, -0.25) is 9.63 Å². The molecule has 1 aliphatic heterocycles. The number of hydrogen-bond acceptors (Lipinski definition) is 3.